The molecule has 0 atom stereocenters. The summed E-state index contributed by atoms with van der Waals surface area (Å²) in [5.41, 5.74) is 1.47. The highest BCUT2D eigenvalue weighted by molar-refractivity contribution is 7.89. The summed E-state index contributed by atoms with van der Waals surface area (Å²) < 4.78 is 27.9. The van der Waals surface area contributed by atoms with Crippen molar-refractivity contribution in [2.75, 3.05) is 0 Å². The molecule has 0 amide bonds. The van der Waals surface area contributed by atoms with E-state index in [0.717, 1.165) is 17.3 Å². The number of aromatic carboxylic acids is 1. The standard InChI is InChI=1S/C13H15N3O4S/c1-9-3-4-10(6-14-9)7-15-21(19,20)11-5-12(13(17)18)16(2)8-11/h3-6,8,15H,7H2,1-2H3,(H,17,18). The maximum absolute atomic E-state index is 12.1. The third-order valence-corrected chi connectivity index (χ3v) is 4.32. The molecule has 0 aliphatic carbocycles. The summed E-state index contributed by atoms with van der Waals surface area (Å²) in [5.74, 6) is -1.18. The summed E-state index contributed by atoms with van der Waals surface area (Å²) in [6.45, 7) is 1.93. The fourth-order valence-electron chi connectivity index (χ4n) is 1.76. The first-order chi connectivity index (χ1) is 9.79. The number of carbonyl (C=O) groups is 1. The molecule has 0 aromatic carbocycles. The molecule has 0 bridgehead atoms. The van der Waals surface area contributed by atoms with Crippen molar-refractivity contribution >= 4 is 16.0 Å². The van der Waals surface area contributed by atoms with Crippen molar-refractivity contribution in [1.82, 2.24) is 14.3 Å². The molecule has 7 nitrogen and oxygen atoms in total. The van der Waals surface area contributed by atoms with Crippen LogP contribution < -0.4 is 4.72 Å². The first-order valence-electron chi connectivity index (χ1n) is 6.10. The zero-order valence-electron chi connectivity index (χ0n) is 11.6. The summed E-state index contributed by atoms with van der Waals surface area (Å²) in [6.07, 6.45) is 2.85. The highest BCUT2D eigenvalue weighted by Crippen LogP contribution is 2.14. The molecule has 8 heteroatoms. The van der Waals surface area contributed by atoms with Crippen LogP contribution in [-0.2, 0) is 23.6 Å². The third-order valence-electron chi connectivity index (χ3n) is 2.95. The van der Waals surface area contributed by atoms with Gasteiger partial charge in [-0.25, -0.2) is 17.9 Å². The molecule has 2 heterocycles. The van der Waals surface area contributed by atoms with Gasteiger partial charge in [0.15, 0.2) is 0 Å². The van der Waals surface area contributed by atoms with Gasteiger partial charge >= 0.3 is 5.97 Å². The highest BCUT2D eigenvalue weighted by atomic mass is 32.2. The number of carboxylic acids is 1. The second kappa shape index (κ2) is 5.66. The second-order valence-corrected chi connectivity index (χ2v) is 6.38. The Hall–Kier alpha value is -2.19. The van der Waals surface area contributed by atoms with Crippen molar-refractivity contribution in [2.45, 2.75) is 18.4 Å². The molecule has 112 valence electrons. The van der Waals surface area contributed by atoms with Gasteiger partial charge in [-0.1, -0.05) is 6.07 Å². The zero-order chi connectivity index (χ0) is 15.6. The Labute approximate surface area is 122 Å². The van der Waals surface area contributed by atoms with Crippen molar-refractivity contribution in [2.24, 2.45) is 7.05 Å². The van der Waals surface area contributed by atoms with Crippen molar-refractivity contribution < 1.29 is 18.3 Å². The molecule has 0 aliphatic heterocycles. The summed E-state index contributed by atoms with van der Waals surface area (Å²) in [7, 11) is -2.29. The first kappa shape index (κ1) is 15.2. The van der Waals surface area contributed by atoms with Gasteiger partial charge in [0, 0.05) is 31.7 Å². The normalized spacial score (nSPS) is 11.5. The summed E-state index contributed by atoms with van der Waals surface area (Å²) in [5, 5.41) is 8.93. The summed E-state index contributed by atoms with van der Waals surface area (Å²) in [6, 6.07) is 4.69. The molecule has 0 fully saturated rings. The topological polar surface area (TPSA) is 101 Å². The van der Waals surface area contributed by atoms with Gasteiger partial charge in [-0.15, -0.1) is 0 Å². The van der Waals surface area contributed by atoms with E-state index < -0.39 is 16.0 Å². The average molecular weight is 309 g/mol. The van der Waals surface area contributed by atoms with Crippen molar-refractivity contribution in [1.29, 1.82) is 0 Å². The molecule has 21 heavy (non-hydrogen) atoms. The minimum atomic E-state index is -3.77. The number of sulfonamides is 1. The van der Waals surface area contributed by atoms with Gasteiger partial charge < -0.3 is 9.67 Å². The molecular weight excluding hydrogens is 294 g/mol. The lowest BCUT2D eigenvalue weighted by Gasteiger charge is -2.05. The van der Waals surface area contributed by atoms with E-state index in [1.54, 1.807) is 18.3 Å². The summed E-state index contributed by atoms with van der Waals surface area (Å²) >= 11 is 0. The smallest absolute Gasteiger partial charge is 0.352 e. The van der Waals surface area contributed by atoms with E-state index in [0.29, 0.717) is 0 Å². The first-order valence-corrected chi connectivity index (χ1v) is 7.59. The van der Waals surface area contributed by atoms with E-state index in [-0.39, 0.29) is 17.1 Å². The van der Waals surface area contributed by atoms with E-state index in [2.05, 4.69) is 9.71 Å². The predicted octanol–water partition coefficient (Wildman–Crippen LogP) is 0.905. The number of pyridine rings is 1. The van der Waals surface area contributed by atoms with Gasteiger partial charge in [0.1, 0.15) is 10.6 Å². The van der Waals surface area contributed by atoms with E-state index >= 15 is 0 Å². The quantitative estimate of drug-likeness (QED) is 0.854. The third kappa shape index (κ3) is 3.47. The van der Waals surface area contributed by atoms with Crippen LogP contribution >= 0.6 is 0 Å². The van der Waals surface area contributed by atoms with Crippen LogP contribution in [0.1, 0.15) is 21.7 Å². The lowest BCUT2D eigenvalue weighted by atomic mass is 10.2. The molecule has 2 rings (SSSR count). The Morgan fingerprint density at radius 1 is 1.43 bits per heavy atom. The molecule has 0 spiro atoms. The lowest BCUT2D eigenvalue weighted by Crippen LogP contribution is -2.23. The maximum Gasteiger partial charge on any atom is 0.352 e. The number of hydrogen-bond acceptors (Lipinski definition) is 4. The van der Waals surface area contributed by atoms with Crippen LogP contribution in [0.2, 0.25) is 0 Å². The number of aryl methyl sites for hydroxylation is 2. The Kier molecular flexibility index (Phi) is 4.10. The molecule has 0 saturated heterocycles. The van der Waals surface area contributed by atoms with Gasteiger partial charge in [0.2, 0.25) is 10.0 Å². The van der Waals surface area contributed by atoms with Crippen molar-refractivity contribution in [3.8, 4) is 0 Å². The van der Waals surface area contributed by atoms with Crippen LogP contribution in [0.3, 0.4) is 0 Å². The van der Waals surface area contributed by atoms with Gasteiger partial charge in [0.25, 0.3) is 0 Å². The molecule has 0 unspecified atom stereocenters. The monoisotopic (exact) mass is 309 g/mol. The molecule has 2 N–H and O–H groups in total. The van der Waals surface area contributed by atoms with E-state index in [9.17, 15) is 13.2 Å². The Bertz CT molecular complexity index is 763. The van der Waals surface area contributed by atoms with Crippen molar-refractivity contribution in [3.63, 3.8) is 0 Å². The van der Waals surface area contributed by atoms with Crippen LogP contribution in [0.25, 0.3) is 0 Å². The zero-order valence-corrected chi connectivity index (χ0v) is 12.4. The SMILES string of the molecule is Cc1ccc(CNS(=O)(=O)c2cc(C(=O)O)n(C)c2)cn1. The molecule has 2 aromatic rings. The van der Waals surface area contributed by atoms with Crippen LogP contribution in [0.15, 0.2) is 35.5 Å². The number of hydrogen-bond donors (Lipinski definition) is 2. The Morgan fingerprint density at radius 2 is 2.14 bits per heavy atom. The van der Waals surface area contributed by atoms with Gasteiger partial charge in [-0.3, -0.25) is 4.98 Å². The van der Waals surface area contributed by atoms with Gasteiger partial charge in [-0.2, -0.15) is 0 Å². The Morgan fingerprint density at radius 3 is 2.67 bits per heavy atom. The number of nitrogens with zero attached hydrogens (tertiary/aromatic N) is 2. The number of rotatable bonds is 5. The van der Waals surface area contributed by atoms with Crippen molar-refractivity contribution in [3.05, 3.63) is 47.5 Å². The minimum absolute atomic E-state index is 0.0810. The molecule has 0 aliphatic rings. The van der Waals surface area contributed by atoms with Gasteiger partial charge in [-0.05, 0) is 24.6 Å². The van der Waals surface area contributed by atoms with E-state index in [4.69, 9.17) is 5.11 Å². The van der Waals surface area contributed by atoms with Crippen LogP contribution in [0.4, 0.5) is 0 Å². The molecule has 0 saturated carbocycles. The van der Waals surface area contributed by atoms with Crippen LogP contribution in [-0.4, -0.2) is 29.0 Å². The van der Waals surface area contributed by atoms with E-state index in [1.165, 1.54) is 17.8 Å². The summed E-state index contributed by atoms with van der Waals surface area (Å²) in [4.78, 5) is 14.9. The van der Waals surface area contributed by atoms with E-state index in [1.807, 2.05) is 6.92 Å². The average Bonchev–Trinajstić information content (AvgIpc) is 2.81. The second-order valence-electron chi connectivity index (χ2n) is 4.61. The maximum atomic E-state index is 12.1. The lowest BCUT2D eigenvalue weighted by molar-refractivity contribution is 0.0686. The molecule has 2 aromatic heterocycles. The number of carboxylic acid groups (broad SMARTS) is 1. The molecule has 0 radical (unpaired) electrons. The number of nitrogens with one attached hydrogen (secondary N) is 1. The fraction of sp³-hybridized carbons (Fsp3) is 0.231. The fourth-order valence-corrected chi connectivity index (χ4v) is 2.85. The number of aromatic nitrogens is 2. The van der Waals surface area contributed by atoms with Gasteiger partial charge in [0.05, 0.1) is 0 Å². The molecular formula is C13H15N3O4S. The highest BCUT2D eigenvalue weighted by Gasteiger charge is 2.19. The van der Waals surface area contributed by atoms with Crippen LogP contribution in [0.5, 0.6) is 0 Å². The largest absolute Gasteiger partial charge is 0.477 e. The Balaban J connectivity index is 2.17. The van der Waals surface area contributed by atoms with Crippen LogP contribution in [0, 0.1) is 6.92 Å². The predicted molar refractivity (Wildman–Crippen MR) is 75.4 cm³/mol. The minimum Gasteiger partial charge on any atom is -0.477 e.